The summed E-state index contributed by atoms with van der Waals surface area (Å²) in [6.07, 6.45) is 4.68. The third-order valence-electron chi connectivity index (χ3n) is 4.02. The molecule has 1 rings (SSSR count). The monoisotopic (exact) mass is 269 g/mol. The molecule has 2 N–H and O–H groups in total. The number of Topliss-reactive ketones (excluding diaryl/α,β-unsaturated/α-hetero) is 1. The van der Waals surface area contributed by atoms with E-state index in [1.165, 1.54) is 0 Å². The minimum Gasteiger partial charge on any atom is -0.318 e. The molecular formula is C14H27N3O2. The van der Waals surface area contributed by atoms with Crippen LogP contribution in [0.4, 0.5) is 0 Å². The van der Waals surface area contributed by atoms with E-state index in [2.05, 4.69) is 10.7 Å². The normalized spacial score (nSPS) is 23.1. The molecule has 0 aliphatic heterocycles. The Kier molecular flexibility index (Phi) is 7.02. The van der Waals surface area contributed by atoms with Crippen LogP contribution in [0, 0.1) is 11.8 Å². The van der Waals surface area contributed by atoms with E-state index in [-0.39, 0.29) is 23.5 Å². The summed E-state index contributed by atoms with van der Waals surface area (Å²) < 4.78 is 0. The van der Waals surface area contributed by atoms with Gasteiger partial charge in [0.25, 0.3) is 0 Å². The smallest absolute Gasteiger partial charge is 0.236 e. The zero-order chi connectivity index (χ0) is 14.3. The largest absolute Gasteiger partial charge is 0.318 e. The molecule has 0 radical (unpaired) electrons. The first-order chi connectivity index (χ1) is 9.10. The standard InChI is InChI=1S/C14H27N3O2/c1-11(18)13-7-5-4-6-12(13)10-14(19)17(16-3)9-8-15-2/h12-13,15-16H,4-10H2,1-3H3. The maximum absolute atomic E-state index is 12.2. The summed E-state index contributed by atoms with van der Waals surface area (Å²) in [5.74, 6) is 0.643. The Labute approximate surface area is 116 Å². The average Bonchev–Trinajstić information content (AvgIpc) is 2.40. The first-order valence-corrected chi connectivity index (χ1v) is 7.23. The second-order valence-corrected chi connectivity index (χ2v) is 5.34. The molecule has 2 unspecified atom stereocenters. The van der Waals surface area contributed by atoms with Gasteiger partial charge in [-0.1, -0.05) is 12.8 Å². The van der Waals surface area contributed by atoms with Gasteiger partial charge in [0.2, 0.25) is 5.91 Å². The lowest BCUT2D eigenvalue weighted by Gasteiger charge is -2.31. The third kappa shape index (κ3) is 4.91. The van der Waals surface area contributed by atoms with E-state index in [0.717, 1.165) is 32.2 Å². The van der Waals surface area contributed by atoms with E-state index >= 15 is 0 Å². The van der Waals surface area contributed by atoms with E-state index < -0.39 is 0 Å². The zero-order valence-corrected chi connectivity index (χ0v) is 12.4. The quantitative estimate of drug-likeness (QED) is 0.676. The fourth-order valence-corrected chi connectivity index (χ4v) is 2.91. The number of nitrogens with one attached hydrogen (secondary N) is 2. The summed E-state index contributed by atoms with van der Waals surface area (Å²) in [4.78, 5) is 23.9. The number of hydrogen-bond donors (Lipinski definition) is 2. The van der Waals surface area contributed by atoms with Gasteiger partial charge < -0.3 is 5.32 Å². The van der Waals surface area contributed by atoms with Crippen molar-refractivity contribution in [1.82, 2.24) is 15.8 Å². The van der Waals surface area contributed by atoms with Gasteiger partial charge in [-0.15, -0.1) is 0 Å². The Hall–Kier alpha value is -0.940. The van der Waals surface area contributed by atoms with Crippen molar-refractivity contribution in [2.75, 3.05) is 27.2 Å². The van der Waals surface area contributed by atoms with Gasteiger partial charge in [-0.2, -0.15) is 0 Å². The molecule has 1 saturated carbocycles. The van der Waals surface area contributed by atoms with Gasteiger partial charge in [0.15, 0.2) is 0 Å². The maximum Gasteiger partial charge on any atom is 0.236 e. The van der Waals surface area contributed by atoms with Crippen LogP contribution in [0.2, 0.25) is 0 Å². The molecule has 19 heavy (non-hydrogen) atoms. The fraction of sp³-hybridized carbons (Fsp3) is 0.857. The molecule has 1 amide bonds. The van der Waals surface area contributed by atoms with Crippen LogP contribution in [0.15, 0.2) is 0 Å². The number of hydrazine groups is 1. The number of hydrogen-bond acceptors (Lipinski definition) is 4. The number of ketones is 1. The van der Waals surface area contributed by atoms with Crippen molar-refractivity contribution >= 4 is 11.7 Å². The molecular weight excluding hydrogens is 242 g/mol. The van der Waals surface area contributed by atoms with Crippen molar-refractivity contribution < 1.29 is 9.59 Å². The van der Waals surface area contributed by atoms with Crippen molar-refractivity contribution in [1.29, 1.82) is 0 Å². The number of carbonyl (C=O) groups excluding carboxylic acids is 2. The topological polar surface area (TPSA) is 61.4 Å². The molecule has 0 heterocycles. The molecule has 0 aromatic heterocycles. The number of carbonyl (C=O) groups is 2. The van der Waals surface area contributed by atoms with Crippen LogP contribution in [0.1, 0.15) is 39.0 Å². The molecule has 1 aliphatic carbocycles. The predicted octanol–water partition coefficient (Wildman–Crippen LogP) is 0.954. The van der Waals surface area contributed by atoms with Crippen LogP contribution in [0.5, 0.6) is 0 Å². The predicted molar refractivity (Wildman–Crippen MR) is 75.4 cm³/mol. The van der Waals surface area contributed by atoms with Crippen molar-refractivity contribution in [3.05, 3.63) is 0 Å². The van der Waals surface area contributed by atoms with E-state index in [1.54, 1.807) is 19.0 Å². The van der Waals surface area contributed by atoms with Crippen molar-refractivity contribution in [2.45, 2.75) is 39.0 Å². The molecule has 1 aliphatic rings. The van der Waals surface area contributed by atoms with Crippen LogP contribution in [-0.2, 0) is 9.59 Å². The third-order valence-corrected chi connectivity index (χ3v) is 4.02. The molecule has 0 aromatic rings. The zero-order valence-electron chi connectivity index (χ0n) is 12.4. The molecule has 5 heteroatoms. The minimum atomic E-state index is 0.0840. The Morgan fingerprint density at radius 2 is 1.89 bits per heavy atom. The summed E-state index contributed by atoms with van der Waals surface area (Å²) in [7, 11) is 3.63. The highest BCUT2D eigenvalue weighted by atomic mass is 16.2. The highest BCUT2D eigenvalue weighted by Gasteiger charge is 2.31. The van der Waals surface area contributed by atoms with Crippen molar-refractivity contribution in [2.24, 2.45) is 11.8 Å². The van der Waals surface area contributed by atoms with Gasteiger partial charge in [-0.3, -0.25) is 14.6 Å². The highest BCUT2D eigenvalue weighted by Crippen LogP contribution is 2.33. The van der Waals surface area contributed by atoms with E-state index in [0.29, 0.717) is 13.0 Å². The van der Waals surface area contributed by atoms with E-state index in [1.807, 2.05) is 7.05 Å². The summed E-state index contributed by atoms with van der Waals surface area (Å²) in [6, 6.07) is 0. The lowest BCUT2D eigenvalue weighted by atomic mass is 9.75. The van der Waals surface area contributed by atoms with Crippen molar-refractivity contribution in [3.63, 3.8) is 0 Å². The molecule has 0 spiro atoms. The molecule has 5 nitrogen and oxygen atoms in total. The molecule has 1 fully saturated rings. The molecule has 0 bridgehead atoms. The van der Waals surface area contributed by atoms with Crippen LogP contribution >= 0.6 is 0 Å². The summed E-state index contributed by atoms with van der Waals surface area (Å²) in [6.45, 7) is 3.06. The van der Waals surface area contributed by atoms with Crippen molar-refractivity contribution in [3.8, 4) is 0 Å². The minimum absolute atomic E-state index is 0.0840. The number of rotatable bonds is 7. The Balaban J connectivity index is 2.54. The number of amides is 1. The summed E-state index contributed by atoms with van der Waals surface area (Å²) >= 11 is 0. The Morgan fingerprint density at radius 1 is 1.21 bits per heavy atom. The second kappa shape index (κ2) is 8.27. The summed E-state index contributed by atoms with van der Waals surface area (Å²) in [5.41, 5.74) is 2.93. The van der Waals surface area contributed by atoms with Gasteiger partial charge in [0, 0.05) is 32.5 Å². The average molecular weight is 269 g/mol. The second-order valence-electron chi connectivity index (χ2n) is 5.34. The van der Waals surface area contributed by atoms with Crippen LogP contribution in [0.25, 0.3) is 0 Å². The lowest BCUT2D eigenvalue weighted by Crippen LogP contribution is -2.45. The van der Waals surface area contributed by atoms with Gasteiger partial charge in [-0.25, -0.2) is 5.43 Å². The van der Waals surface area contributed by atoms with Crippen LogP contribution in [0.3, 0.4) is 0 Å². The van der Waals surface area contributed by atoms with Crippen LogP contribution in [-0.4, -0.2) is 43.9 Å². The van der Waals surface area contributed by atoms with Gasteiger partial charge in [0.1, 0.15) is 5.78 Å². The van der Waals surface area contributed by atoms with Gasteiger partial charge in [0.05, 0.1) is 0 Å². The summed E-state index contributed by atoms with van der Waals surface area (Å²) in [5, 5.41) is 4.67. The maximum atomic E-state index is 12.2. The molecule has 0 aromatic carbocycles. The molecule has 0 saturated heterocycles. The number of nitrogens with zero attached hydrogens (tertiary/aromatic N) is 1. The first kappa shape index (κ1) is 16.1. The SMILES string of the molecule is CNCCN(NC)C(=O)CC1CCCCC1C(C)=O. The van der Waals surface area contributed by atoms with E-state index in [9.17, 15) is 9.59 Å². The van der Waals surface area contributed by atoms with Gasteiger partial charge in [-0.05, 0) is 32.7 Å². The Bertz CT molecular complexity index is 307. The molecule has 110 valence electrons. The van der Waals surface area contributed by atoms with E-state index in [4.69, 9.17) is 0 Å². The fourth-order valence-electron chi connectivity index (χ4n) is 2.91. The lowest BCUT2D eigenvalue weighted by molar-refractivity contribution is -0.136. The molecule has 2 atom stereocenters. The van der Waals surface area contributed by atoms with Gasteiger partial charge >= 0.3 is 0 Å². The van der Waals surface area contributed by atoms with Crippen LogP contribution < -0.4 is 10.7 Å². The first-order valence-electron chi connectivity index (χ1n) is 7.23. The number of likely N-dealkylation sites (N-methyl/N-ethyl adjacent to an activating group) is 1. The highest BCUT2D eigenvalue weighted by molar-refractivity contribution is 5.81. The Morgan fingerprint density at radius 3 is 2.47 bits per heavy atom.